The van der Waals surface area contributed by atoms with Crippen LogP contribution in [0.3, 0.4) is 0 Å². The van der Waals surface area contributed by atoms with Gasteiger partial charge in [-0.1, -0.05) is 50.2 Å². The molecule has 96 valence electrons. The van der Waals surface area contributed by atoms with E-state index in [-0.39, 0.29) is 6.04 Å². The number of nitrogens with two attached hydrogens (primary N) is 1. The van der Waals surface area contributed by atoms with Crippen molar-refractivity contribution >= 4 is 10.8 Å². The van der Waals surface area contributed by atoms with Crippen molar-refractivity contribution in [1.82, 2.24) is 0 Å². The van der Waals surface area contributed by atoms with Crippen LogP contribution in [0.25, 0.3) is 10.8 Å². The van der Waals surface area contributed by atoms with E-state index < -0.39 is 0 Å². The Balaban J connectivity index is 2.06. The topological polar surface area (TPSA) is 35.2 Å². The van der Waals surface area contributed by atoms with E-state index in [0.717, 1.165) is 12.2 Å². The first kappa shape index (κ1) is 13.1. The van der Waals surface area contributed by atoms with Crippen molar-refractivity contribution in [2.24, 2.45) is 11.7 Å². The van der Waals surface area contributed by atoms with Gasteiger partial charge < -0.3 is 10.5 Å². The predicted molar refractivity (Wildman–Crippen MR) is 76.5 cm³/mol. The van der Waals surface area contributed by atoms with E-state index >= 15 is 0 Å². The van der Waals surface area contributed by atoms with E-state index in [1.807, 2.05) is 12.1 Å². The monoisotopic (exact) mass is 243 g/mol. The summed E-state index contributed by atoms with van der Waals surface area (Å²) in [6.07, 6.45) is 0. The molecule has 2 heteroatoms. The van der Waals surface area contributed by atoms with Crippen molar-refractivity contribution < 1.29 is 4.74 Å². The molecule has 0 bridgehead atoms. The van der Waals surface area contributed by atoms with Crippen molar-refractivity contribution in [2.45, 2.75) is 19.9 Å². The lowest BCUT2D eigenvalue weighted by Crippen LogP contribution is -2.18. The summed E-state index contributed by atoms with van der Waals surface area (Å²) in [5, 5.41) is 2.48. The average Bonchev–Trinajstić information content (AvgIpc) is 2.37. The Morgan fingerprint density at radius 1 is 1.00 bits per heavy atom. The van der Waals surface area contributed by atoms with Gasteiger partial charge in [-0.25, -0.2) is 0 Å². The van der Waals surface area contributed by atoms with Gasteiger partial charge >= 0.3 is 0 Å². The Bertz CT molecular complexity index is 507. The number of fused-ring (bicyclic) bond motifs is 1. The average molecular weight is 243 g/mol. The van der Waals surface area contributed by atoms with Crippen molar-refractivity contribution in [3.63, 3.8) is 0 Å². The van der Waals surface area contributed by atoms with Gasteiger partial charge in [-0.3, -0.25) is 0 Å². The maximum Gasteiger partial charge on any atom is 0.0659 e. The molecule has 0 aromatic heterocycles. The summed E-state index contributed by atoms with van der Waals surface area (Å²) in [5.41, 5.74) is 7.28. The van der Waals surface area contributed by atoms with E-state index in [9.17, 15) is 0 Å². The summed E-state index contributed by atoms with van der Waals surface area (Å²) in [4.78, 5) is 0. The first-order valence-corrected chi connectivity index (χ1v) is 6.49. The zero-order valence-electron chi connectivity index (χ0n) is 11.1. The van der Waals surface area contributed by atoms with Crippen molar-refractivity contribution in [2.75, 3.05) is 13.2 Å². The first-order chi connectivity index (χ1) is 8.66. The third-order valence-electron chi connectivity index (χ3n) is 2.95. The van der Waals surface area contributed by atoms with Gasteiger partial charge in [-0.05, 0) is 28.3 Å². The lowest BCUT2D eigenvalue weighted by molar-refractivity contribution is 0.0984. The summed E-state index contributed by atoms with van der Waals surface area (Å²) < 4.78 is 5.60. The van der Waals surface area contributed by atoms with Gasteiger partial charge in [0.2, 0.25) is 0 Å². The molecule has 1 unspecified atom stereocenters. The van der Waals surface area contributed by atoms with E-state index in [1.54, 1.807) is 0 Å². The highest BCUT2D eigenvalue weighted by molar-refractivity contribution is 5.83. The highest BCUT2D eigenvalue weighted by atomic mass is 16.5. The molecule has 1 atom stereocenters. The first-order valence-electron chi connectivity index (χ1n) is 6.49. The molecule has 0 saturated carbocycles. The minimum atomic E-state index is -0.0478. The fraction of sp³-hybridized carbons (Fsp3) is 0.375. The zero-order valence-corrected chi connectivity index (χ0v) is 11.1. The van der Waals surface area contributed by atoms with Gasteiger partial charge in [0.25, 0.3) is 0 Å². The van der Waals surface area contributed by atoms with Crippen molar-refractivity contribution in [3.05, 3.63) is 48.0 Å². The highest BCUT2D eigenvalue weighted by Gasteiger charge is 2.07. The molecule has 0 saturated heterocycles. The molecule has 0 spiro atoms. The van der Waals surface area contributed by atoms with Gasteiger partial charge in [0.1, 0.15) is 0 Å². The second-order valence-electron chi connectivity index (χ2n) is 5.14. The molecule has 2 aromatic carbocycles. The van der Waals surface area contributed by atoms with Gasteiger partial charge in [0, 0.05) is 6.61 Å². The minimum absolute atomic E-state index is 0.0478. The molecule has 0 radical (unpaired) electrons. The Labute approximate surface area is 109 Å². The molecule has 0 aliphatic carbocycles. The van der Waals surface area contributed by atoms with E-state index in [4.69, 9.17) is 10.5 Å². The van der Waals surface area contributed by atoms with E-state index in [2.05, 4.69) is 44.2 Å². The van der Waals surface area contributed by atoms with Gasteiger partial charge in [0.05, 0.1) is 12.6 Å². The number of benzene rings is 2. The van der Waals surface area contributed by atoms with Gasteiger partial charge in [-0.15, -0.1) is 0 Å². The Morgan fingerprint density at radius 2 is 1.72 bits per heavy atom. The maximum absolute atomic E-state index is 6.15. The Hall–Kier alpha value is -1.38. The number of hydrogen-bond donors (Lipinski definition) is 1. The number of hydrogen-bond acceptors (Lipinski definition) is 2. The summed E-state index contributed by atoms with van der Waals surface area (Å²) in [5.74, 6) is 0.550. The quantitative estimate of drug-likeness (QED) is 0.872. The second kappa shape index (κ2) is 5.98. The Morgan fingerprint density at radius 3 is 2.44 bits per heavy atom. The molecule has 0 aliphatic rings. The third-order valence-corrected chi connectivity index (χ3v) is 2.95. The summed E-state index contributed by atoms with van der Waals surface area (Å²) >= 11 is 0. The molecular formula is C16H21NO. The van der Waals surface area contributed by atoms with Crippen LogP contribution >= 0.6 is 0 Å². The molecule has 0 fully saturated rings. The normalized spacial score (nSPS) is 13.1. The van der Waals surface area contributed by atoms with Crippen LogP contribution in [0.2, 0.25) is 0 Å². The fourth-order valence-electron chi connectivity index (χ4n) is 1.97. The zero-order chi connectivity index (χ0) is 13.0. The summed E-state index contributed by atoms with van der Waals surface area (Å²) in [6, 6.07) is 14.6. The lowest BCUT2D eigenvalue weighted by Gasteiger charge is -2.14. The van der Waals surface area contributed by atoms with Crippen LogP contribution in [0.1, 0.15) is 25.5 Å². The standard InChI is InChI=1S/C16H21NO/c1-12(2)10-18-11-16(17)15-8-7-13-5-3-4-6-14(13)9-15/h3-9,12,16H,10-11,17H2,1-2H3. The maximum atomic E-state index is 6.15. The molecular weight excluding hydrogens is 222 g/mol. The van der Waals surface area contributed by atoms with Crippen LogP contribution in [0.5, 0.6) is 0 Å². The van der Waals surface area contributed by atoms with Gasteiger partial charge in [0.15, 0.2) is 0 Å². The number of rotatable bonds is 5. The van der Waals surface area contributed by atoms with Crippen LogP contribution in [0.4, 0.5) is 0 Å². The molecule has 18 heavy (non-hydrogen) atoms. The molecule has 0 heterocycles. The SMILES string of the molecule is CC(C)COCC(N)c1ccc2ccccc2c1. The van der Waals surface area contributed by atoms with E-state index in [0.29, 0.717) is 12.5 Å². The van der Waals surface area contributed by atoms with Crippen molar-refractivity contribution in [3.8, 4) is 0 Å². The third kappa shape index (κ3) is 3.31. The van der Waals surface area contributed by atoms with Crippen LogP contribution in [0, 0.1) is 5.92 Å². The fourth-order valence-corrected chi connectivity index (χ4v) is 1.97. The lowest BCUT2D eigenvalue weighted by atomic mass is 10.0. The van der Waals surface area contributed by atoms with Gasteiger partial charge in [-0.2, -0.15) is 0 Å². The summed E-state index contributed by atoms with van der Waals surface area (Å²) in [6.45, 7) is 5.63. The van der Waals surface area contributed by atoms with Crippen LogP contribution in [-0.2, 0) is 4.74 Å². The highest BCUT2D eigenvalue weighted by Crippen LogP contribution is 2.19. The molecule has 0 amide bonds. The molecule has 2 nitrogen and oxygen atoms in total. The second-order valence-corrected chi connectivity index (χ2v) is 5.14. The molecule has 0 aliphatic heterocycles. The molecule has 2 N–H and O–H groups in total. The predicted octanol–water partition coefficient (Wildman–Crippen LogP) is 3.51. The van der Waals surface area contributed by atoms with Crippen LogP contribution in [0.15, 0.2) is 42.5 Å². The number of ether oxygens (including phenoxy) is 1. The van der Waals surface area contributed by atoms with Crippen LogP contribution in [-0.4, -0.2) is 13.2 Å². The van der Waals surface area contributed by atoms with Crippen LogP contribution < -0.4 is 5.73 Å². The summed E-state index contributed by atoms with van der Waals surface area (Å²) in [7, 11) is 0. The minimum Gasteiger partial charge on any atom is -0.379 e. The smallest absolute Gasteiger partial charge is 0.0659 e. The van der Waals surface area contributed by atoms with Crippen molar-refractivity contribution in [1.29, 1.82) is 0 Å². The molecule has 2 aromatic rings. The van der Waals surface area contributed by atoms with E-state index in [1.165, 1.54) is 10.8 Å². The molecule has 2 rings (SSSR count). The Kier molecular flexibility index (Phi) is 4.34. The largest absolute Gasteiger partial charge is 0.379 e.